The molecule has 0 fully saturated rings. The van der Waals surface area contributed by atoms with Gasteiger partial charge in [0.15, 0.2) is 0 Å². The van der Waals surface area contributed by atoms with Crippen molar-refractivity contribution < 1.29 is 22.8 Å². The molecule has 0 radical (unpaired) electrons. The number of benzene rings is 3. The summed E-state index contributed by atoms with van der Waals surface area (Å²) < 4.78 is 33.7. The topological polar surface area (TPSA) is 71.3 Å². The van der Waals surface area contributed by atoms with Gasteiger partial charge >= 0.3 is 0 Å². The molecule has 3 aromatic carbocycles. The highest BCUT2D eigenvalue weighted by atomic mass is 19.1. The van der Waals surface area contributed by atoms with Crippen LogP contribution in [-0.2, 0) is 0 Å². The average molecular weight is 448 g/mol. The highest BCUT2D eigenvalue weighted by Crippen LogP contribution is 2.36. The van der Waals surface area contributed by atoms with Crippen LogP contribution in [0.15, 0.2) is 65.1 Å². The fraction of sp³-hybridized carbons (Fsp3) is 0.154. The number of furan rings is 1. The second-order valence-electron chi connectivity index (χ2n) is 7.59. The zero-order valence-corrected chi connectivity index (χ0v) is 18.2. The van der Waals surface area contributed by atoms with Crippen molar-refractivity contribution in [3.05, 3.63) is 83.4 Å². The lowest BCUT2D eigenvalue weighted by Gasteiger charge is -2.08. The van der Waals surface area contributed by atoms with Gasteiger partial charge in [-0.25, -0.2) is 8.78 Å². The number of carbonyl (C=O) groups excluding carboxylic acids is 2. The third kappa shape index (κ3) is 4.48. The number of halogens is 2. The molecule has 2 N–H and O–H groups in total. The second-order valence-corrected chi connectivity index (χ2v) is 7.59. The van der Waals surface area contributed by atoms with Gasteiger partial charge in [0.05, 0.1) is 5.56 Å². The highest BCUT2D eigenvalue weighted by molar-refractivity contribution is 6.11. The SMILES string of the molecule is CCCNC(=O)c1cc(F)cc(-c2ccc3oc(-c4ccc(F)cc4)c(C(=O)NC)c3c2)c1. The van der Waals surface area contributed by atoms with E-state index in [9.17, 15) is 18.4 Å². The molecular formula is C26H22F2N2O3. The third-order valence-corrected chi connectivity index (χ3v) is 5.28. The van der Waals surface area contributed by atoms with Crippen LogP contribution in [0.2, 0.25) is 0 Å². The third-order valence-electron chi connectivity index (χ3n) is 5.28. The van der Waals surface area contributed by atoms with E-state index < -0.39 is 11.6 Å². The Balaban J connectivity index is 1.84. The maximum atomic E-state index is 14.3. The van der Waals surface area contributed by atoms with Gasteiger partial charge in [0.1, 0.15) is 23.0 Å². The zero-order chi connectivity index (χ0) is 23.5. The predicted octanol–water partition coefficient (Wildman–Crippen LogP) is 5.54. The Morgan fingerprint density at radius 3 is 2.27 bits per heavy atom. The number of rotatable bonds is 6. The number of hydrogen-bond acceptors (Lipinski definition) is 3. The van der Waals surface area contributed by atoms with Crippen LogP contribution in [0.3, 0.4) is 0 Å². The van der Waals surface area contributed by atoms with Gasteiger partial charge in [0.25, 0.3) is 11.8 Å². The lowest BCUT2D eigenvalue weighted by atomic mass is 9.98. The molecule has 5 nitrogen and oxygen atoms in total. The van der Waals surface area contributed by atoms with E-state index >= 15 is 0 Å². The van der Waals surface area contributed by atoms with E-state index in [1.807, 2.05) is 6.92 Å². The Labute approximate surface area is 189 Å². The molecule has 0 aliphatic heterocycles. The van der Waals surface area contributed by atoms with Gasteiger partial charge in [0.2, 0.25) is 0 Å². The van der Waals surface area contributed by atoms with Gasteiger partial charge in [0, 0.05) is 30.1 Å². The largest absolute Gasteiger partial charge is 0.455 e. The quantitative estimate of drug-likeness (QED) is 0.407. The molecule has 0 aliphatic carbocycles. The molecule has 4 rings (SSSR count). The number of fused-ring (bicyclic) bond motifs is 1. The minimum atomic E-state index is -0.542. The van der Waals surface area contributed by atoms with Crippen LogP contribution in [0.5, 0.6) is 0 Å². The van der Waals surface area contributed by atoms with Gasteiger partial charge in [-0.15, -0.1) is 0 Å². The van der Waals surface area contributed by atoms with Crippen LogP contribution in [0, 0.1) is 11.6 Å². The summed E-state index contributed by atoms with van der Waals surface area (Å²) in [5.41, 5.74) is 2.61. The summed E-state index contributed by atoms with van der Waals surface area (Å²) in [6, 6.07) is 14.9. The molecule has 1 aromatic heterocycles. The van der Waals surface area contributed by atoms with E-state index in [1.165, 1.54) is 43.4 Å². The number of nitrogens with one attached hydrogen (secondary N) is 2. The molecule has 0 aliphatic rings. The van der Waals surface area contributed by atoms with Crippen LogP contribution in [-0.4, -0.2) is 25.4 Å². The fourth-order valence-corrected chi connectivity index (χ4v) is 3.66. The first-order valence-corrected chi connectivity index (χ1v) is 10.5. The van der Waals surface area contributed by atoms with Gasteiger partial charge in [-0.2, -0.15) is 0 Å². The Morgan fingerprint density at radius 2 is 1.58 bits per heavy atom. The van der Waals surface area contributed by atoms with Crippen molar-refractivity contribution in [2.24, 2.45) is 0 Å². The van der Waals surface area contributed by atoms with E-state index in [1.54, 1.807) is 24.3 Å². The summed E-state index contributed by atoms with van der Waals surface area (Å²) in [7, 11) is 1.51. The van der Waals surface area contributed by atoms with Crippen LogP contribution in [0.25, 0.3) is 33.4 Å². The maximum Gasteiger partial charge on any atom is 0.255 e. The molecule has 0 atom stereocenters. The number of hydrogen-bond donors (Lipinski definition) is 2. The fourth-order valence-electron chi connectivity index (χ4n) is 3.66. The van der Waals surface area contributed by atoms with Crippen molar-refractivity contribution in [2.45, 2.75) is 13.3 Å². The molecule has 0 unspecified atom stereocenters. The molecule has 0 bridgehead atoms. The van der Waals surface area contributed by atoms with Crippen molar-refractivity contribution in [3.63, 3.8) is 0 Å². The molecule has 168 valence electrons. The van der Waals surface area contributed by atoms with Crippen molar-refractivity contribution in [3.8, 4) is 22.5 Å². The molecule has 0 spiro atoms. The minimum absolute atomic E-state index is 0.212. The molecular weight excluding hydrogens is 426 g/mol. The van der Waals surface area contributed by atoms with E-state index in [0.29, 0.717) is 45.5 Å². The lowest BCUT2D eigenvalue weighted by molar-refractivity contribution is 0.0949. The maximum absolute atomic E-state index is 14.3. The Morgan fingerprint density at radius 1 is 0.848 bits per heavy atom. The van der Waals surface area contributed by atoms with Gasteiger partial charge in [-0.1, -0.05) is 13.0 Å². The first-order valence-electron chi connectivity index (χ1n) is 10.5. The first-order chi connectivity index (χ1) is 15.9. The minimum Gasteiger partial charge on any atom is -0.455 e. The molecule has 2 amide bonds. The predicted molar refractivity (Wildman–Crippen MR) is 123 cm³/mol. The standard InChI is InChI=1S/C26H22F2N2O3/c1-3-10-30-25(31)18-11-17(12-20(28)13-18)16-6-9-22-21(14-16)23(26(32)29-2)24(33-22)15-4-7-19(27)8-5-15/h4-9,11-14H,3,10H2,1-2H3,(H,29,32)(H,30,31). The Kier molecular flexibility index (Phi) is 6.22. The second kappa shape index (κ2) is 9.24. The number of amides is 2. The van der Waals surface area contributed by atoms with Crippen LogP contribution in [0.1, 0.15) is 34.1 Å². The summed E-state index contributed by atoms with van der Waals surface area (Å²) in [6.07, 6.45) is 0.768. The highest BCUT2D eigenvalue weighted by Gasteiger charge is 2.22. The van der Waals surface area contributed by atoms with Crippen molar-refractivity contribution in [1.82, 2.24) is 10.6 Å². The van der Waals surface area contributed by atoms with Crippen LogP contribution in [0.4, 0.5) is 8.78 Å². The van der Waals surface area contributed by atoms with Gasteiger partial charge < -0.3 is 15.1 Å². The van der Waals surface area contributed by atoms with Gasteiger partial charge in [-0.05, 0) is 72.1 Å². The lowest BCUT2D eigenvalue weighted by Crippen LogP contribution is -2.24. The van der Waals surface area contributed by atoms with Crippen molar-refractivity contribution in [1.29, 1.82) is 0 Å². The zero-order valence-electron chi connectivity index (χ0n) is 18.2. The summed E-state index contributed by atoms with van der Waals surface area (Å²) in [6.45, 7) is 2.43. The first kappa shape index (κ1) is 22.2. The summed E-state index contributed by atoms with van der Waals surface area (Å²) in [5, 5.41) is 5.87. The molecule has 4 aromatic rings. The summed E-state index contributed by atoms with van der Waals surface area (Å²) >= 11 is 0. The van der Waals surface area contributed by atoms with Gasteiger partial charge in [-0.3, -0.25) is 9.59 Å². The van der Waals surface area contributed by atoms with Crippen molar-refractivity contribution in [2.75, 3.05) is 13.6 Å². The average Bonchev–Trinajstić information content (AvgIpc) is 3.20. The number of carbonyl (C=O) groups is 2. The Hall–Kier alpha value is -4.00. The molecule has 7 heteroatoms. The normalized spacial score (nSPS) is 10.9. The van der Waals surface area contributed by atoms with E-state index in [-0.39, 0.29) is 17.4 Å². The van der Waals surface area contributed by atoms with Crippen molar-refractivity contribution >= 4 is 22.8 Å². The van der Waals surface area contributed by atoms with E-state index in [2.05, 4.69) is 10.6 Å². The molecule has 0 saturated heterocycles. The van der Waals surface area contributed by atoms with E-state index in [0.717, 1.165) is 6.42 Å². The monoisotopic (exact) mass is 448 g/mol. The molecule has 1 heterocycles. The molecule has 0 saturated carbocycles. The smallest absolute Gasteiger partial charge is 0.255 e. The molecule has 33 heavy (non-hydrogen) atoms. The van der Waals surface area contributed by atoms with Crippen LogP contribution >= 0.6 is 0 Å². The summed E-state index contributed by atoms with van der Waals surface area (Å²) in [5.74, 6) is -1.36. The van der Waals surface area contributed by atoms with Crippen LogP contribution < -0.4 is 10.6 Å². The van der Waals surface area contributed by atoms with E-state index in [4.69, 9.17) is 4.42 Å². The Bertz CT molecular complexity index is 1340. The summed E-state index contributed by atoms with van der Waals surface area (Å²) in [4.78, 5) is 25.1.